The minimum absolute atomic E-state index is 0.00213. The second-order valence-corrected chi connectivity index (χ2v) is 3.83. The van der Waals surface area contributed by atoms with E-state index in [0.29, 0.717) is 0 Å². The van der Waals surface area contributed by atoms with Crippen molar-refractivity contribution in [1.29, 1.82) is 0 Å². The predicted molar refractivity (Wildman–Crippen MR) is 60.9 cm³/mol. The van der Waals surface area contributed by atoms with Crippen LogP contribution in [0.3, 0.4) is 0 Å². The smallest absolute Gasteiger partial charge is 0.146 e. The Morgan fingerprint density at radius 2 is 2.13 bits per heavy atom. The first-order valence-corrected chi connectivity index (χ1v) is 5.02. The van der Waals surface area contributed by atoms with Gasteiger partial charge in [0.25, 0.3) is 0 Å². The molecule has 0 aliphatic rings. The van der Waals surface area contributed by atoms with Crippen LogP contribution in [-0.2, 0) is 0 Å². The maximum atomic E-state index is 5.47. The van der Waals surface area contributed by atoms with E-state index < -0.39 is 0 Å². The van der Waals surface area contributed by atoms with Crippen LogP contribution in [0.2, 0.25) is 0 Å². The zero-order valence-electron chi connectivity index (χ0n) is 9.33. The van der Waals surface area contributed by atoms with Crippen LogP contribution in [0.25, 0.3) is 0 Å². The summed E-state index contributed by atoms with van der Waals surface area (Å²) in [6.45, 7) is 7.82. The van der Waals surface area contributed by atoms with Crippen molar-refractivity contribution in [3.63, 3.8) is 0 Å². The van der Waals surface area contributed by atoms with Crippen LogP contribution >= 0.6 is 0 Å². The average Bonchev–Trinajstić information content (AvgIpc) is 2.21. The third-order valence-electron chi connectivity index (χ3n) is 2.17. The molecule has 1 atom stereocenters. The van der Waals surface area contributed by atoms with E-state index in [0.717, 1.165) is 29.8 Å². The van der Waals surface area contributed by atoms with Crippen molar-refractivity contribution in [1.82, 2.24) is 15.4 Å². The molecule has 0 amide bonds. The fraction of sp³-hybridized carbons (Fsp3) is 0.455. The van der Waals surface area contributed by atoms with Crippen molar-refractivity contribution in [3.05, 3.63) is 35.9 Å². The van der Waals surface area contributed by atoms with Gasteiger partial charge < -0.3 is 0 Å². The Morgan fingerprint density at radius 3 is 2.60 bits per heavy atom. The van der Waals surface area contributed by atoms with E-state index >= 15 is 0 Å². The summed E-state index contributed by atoms with van der Waals surface area (Å²) in [7, 11) is 0. The summed E-state index contributed by atoms with van der Waals surface area (Å²) < 4.78 is 0. The van der Waals surface area contributed by atoms with Gasteiger partial charge in [0.2, 0.25) is 0 Å². The summed E-state index contributed by atoms with van der Waals surface area (Å²) >= 11 is 0. The molecule has 0 saturated carbocycles. The third kappa shape index (κ3) is 3.77. The molecule has 1 aromatic rings. The molecule has 82 valence electrons. The van der Waals surface area contributed by atoms with Crippen LogP contribution < -0.4 is 11.3 Å². The number of nitrogens with one attached hydrogen (secondary N) is 1. The summed E-state index contributed by atoms with van der Waals surface area (Å²) in [4.78, 5) is 8.49. The van der Waals surface area contributed by atoms with Gasteiger partial charge in [0.05, 0.1) is 6.04 Å². The zero-order chi connectivity index (χ0) is 11.3. The second kappa shape index (κ2) is 5.58. The van der Waals surface area contributed by atoms with Gasteiger partial charge >= 0.3 is 0 Å². The molecule has 1 unspecified atom stereocenters. The fourth-order valence-electron chi connectivity index (χ4n) is 1.26. The van der Waals surface area contributed by atoms with Crippen LogP contribution in [0, 0.1) is 6.92 Å². The molecule has 0 fully saturated rings. The van der Waals surface area contributed by atoms with Gasteiger partial charge in [-0.15, -0.1) is 6.58 Å². The van der Waals surface area contributed by atoms with E-state index in [1.54, 1.807) is 12.4 Å². The molecule has 0 aliphatic heterocycles. The first-order valence-electron chi connectivity index (χ1n) is 5.02. The van der Waals surface area contributed by atoms with E-state index in [2.05, 4.69) is 22.0 Å². The lowest BCUT2D eigenvalue weighted by Gasteiger charge is -2.14. The molecule has 0 saturated heterocycles. The Kier molecular flexibility index (Phi) is 4.39. The van der Waals surface area contributed by atoms with Gasteiger partial charge in [0.1, 0.15) is 5.82 Å². The molecule has 0 spiro atoms. The summed E-state index contributed by atoms with van der Waals surface area (Å²) in [6.07, 6.45) is 5.39. The Labute approximate surface area is 90.6 Å². The quantitative estimate of drug-likeness (QED) is 0.437. The summed E-state index contributed by atoms with van der Waals surface area (Å²) in [6, 6.07) is 0.00213. The minimum Gasteiger partial charge on any atom is -0.271 e. The van der Waals surface area contributed by atoms with Gasteiger partial charge in [-0.2, -0.15) is 0 Å². The largest absolute Gasteiger partial charge is 0.271 e. The number of allylic oxidation sites excluding steroid dienone is 1. The Hall–Kier alpha value is -1.26. The number of aromatic nitrogens is 2. The maximum absolute atomic E-state index is 5.47. The van der Waals surface area contributed by atoms with Gasteiger partial charge in [0, 0.05) is 12.4 Å². The first kappa shape index (κ1) is 11.8. The number of hydrazine groups is 1. The lowest BCUT2D eigenvalue weighted by Crippen LogP contribution is -2.29. The van der Waals surface area contributed by atoms with Crippen LogP contribution in [-0.4, -0.2) is 9.97 Å². The SMILES string of the molecule is C=C(C)CCC(NN)c1ncc(C)cn1. The average molecular weight is 206 g/mol. The monoisotopic (exact) mass is 206 g/mol. The Bertz CT molecular complexity index is 318. The highest BCUT2D eigenvalue weighted by Gasteiger charge is 2.11. The minimum atomic E-state index is 0.00213. The number of nitrogens with zero attached hydrogens (tertiary/aromatic N) is 2. The number of aryl methyl sites for hydroxylation is 1. The molecule has 1 rings (SSSR count). The summed E-state index contributed by atoms with van der Waals surface area (Å²) in [5, 5.41) is 0. The first-order chi connectivity index (χ1) is 7.13. The van der Waals surface area contributed by atoms with E-state index in [4.69, 9.17) is 5.84 Å². The third-order valence-corrected chi connectivity index (χ3v) is 2.17. The van der Waals surface area contributed by atoms with Gasteiger partial charge in [-0.25, -0.2) is 15.4 Å². The summed E-state index contributed by atoms with van der Waals surface area (Å²) in [5.41, 5.74) is 4.92. The van der Waals surface area contributed by atoms with Crippen LogP contribution in [0.5, 0.6) is 0 Å². The van der Waals surface area contributed by atoms with Gasteiger partial charge in [-0.05, 0) is 32.3 Å². The van der Waals surface area contributed by atoms with E-state index in [1.165, 1.54) is 0 Å². The van der Waals surface area contributed by atoms with Crippen LogP contribution in [0.15, 0.2) is 24.5 Å². The Morgan fingerprint density at radius 1 is 1.53 bits per heavy atom. The lowest BCUT2D eigenvalue weighted by molar-refractivity contribution is 0.490. The molecule has 1 aromatic heterocycles. The predicted octanol–water partition coefficient (Wildman–Crippen LogP) is 1.65. The van der Waals surface area contributed by atoms with Crippen LogP contribution in [0.1, 0.15) is 37.2 Å². The van der Waals surface area contributed by atoms with E-state index in [9.17, 15) is 0 Å². The number of nitrogens with two attached hydrogens (primary N) is 1. The van der Waals surface area contributed by atoms with Crippen molar-refractivity contribution in [2.24, 2.45) is 5.84 Å². The molecule has 0 bridgehead atoms. The Balaban J connectivity index is 2.65. The normalized spacial score (nSPS) is 12.5. The van der Waals surface area contributed by atoms with Crippen molar-refractivity contribution in [3.8, 4) is 0 Å². The van der Waals surface area contributed by atoms with Gasteiger partial charge in [-0.1, -0.05) is 5.57 Å². The highest BCUT2D eigenvalue weighted by Crippen LogP contribution is 2.15. The maximum Gasteiger partial charge on any atom is 0.146 e. The second-order valence-electron chi connectivity index (χ2n) is 3.83. The highest BCUT2D eigenvalue weighted by molar-refractivity contribution is 5.05. The molecule has 0 radical (unpaired) electrons. The molecular formula is C11H18N4. The van der Waals surface area contributed by atoms with Gasteiger partial charge in [0.15, 0.2) is 0 Å². The molecule has 1 heterocycles. The molecule has 4 nitrogen and oxygen atoms in total. The van der Waals surface area contributed by atoms with E-state index in [1.807, 2.05) is 13.8 Å². The van der Waals surface area contributed by atoms with Crippen LogP contribution in [0.4, 0.5) is 0 Å². The number of hydrogen-bond acceptors (Lipinski definition) is 4. The molecule has 0 aromatic carbocycles. The molecule has 3 N–H and O–H groups in total. The topological polar surface area (TPSA) is 63.8 Å². The molecule has 4 heteroatoms. The molecule has 15 heavy (non-hydrogen) atoms. The summed E-state index contributed by atoms with van der Waals surface area (Å²) in [5.74, 6) is 6.21. The number of hydrogen-bond donors (Lipinski definition) is 2. The lowest BCUT2D eigenvalue weighted by atomic mass is 10.1. The number of rotatable bonds is 5. The van der Waals surface area contributed by atoms with E-state index in [-0.39, 0.29) is 6.04 Å². The fourth-order valence-corrected chi connectivity index (χ4v) is 1.26. The zero-order valence-corrected chi connectivity index (χ0v) is 9.33. The standard InChI is InChI=1S/C11H18N4/c1-8(2)4-5-10(15-12)11-13-6-9(3)7-14-11/h6-7,10,15H,1,4-5,12H2,2-3H3. The highest BCUT2D eigenvalue weighted by atomic mass is 15.2. The van der Waals surface area contributed by atoms with Crippen molar-refractivity contribution < 1.29 is 0 Å². The van der Waals surface area contributed by atoms with Crippen molar-refractivity contribution in [2.75, 3.05) is 0 Å². The van der Waals surface area contributed by atoms with Crippen molar-refractivity contribution in [2.45, 2.75) is 32.7 Å². The van der Waals surface area contributed by atoms with Crippen molar-refractivity contribution >= 4 is 0 Å². The molecular weight excluding hydrogens is 188 g/mol. The van der Waals surface area contributed by atoms with Gasteiger partial charge in [-0.3, -0.25) is 5.84 Å². The molecule has 0 aliphatic carbocycles.